The van der Waals surface area contributed by atoms with Crippen LogP contribution >= 0.6 is 0 Å². The van der Waals surface area contributed by atoms with E-state index in [1.54, 1.807) is 0 Å². The molecule has 2 rings (SSSR count). The number of carboxylic acids is 1. The van der Waals surface area contributed by atoms with Crippen LogP contribution in [0.2, 0.25) is 0 Å². The summed E-state index contributed by atoms with van der Waals surface area (Å²) < 4.78 is 0. The summed E-state index contributed by atoms with van der Waals surface area (Å²) in [7, 11) is 0. The molecule has 0 spiro atoms. The minimum absolute atomic E-state index is 0.0382. The Balaban J connectivity index is 1.96. The van der Waals surface area contributed by atoms with E-state index in [1.807, 2.05) is 0 Å². The summed E-state index contributed by atoms with van der Waals surface area (Å²) >= 11 is 0. The van der Waals surface area contributed by atoms with Gasteiger partial charge in [0.1, 0.15) is 5.69 Å². The predicted octanol–water partition coefficient (Wildman–Crippen LogP) is 0.860. The van der Waals surface area contributed by atoms with Crippen molar-refractivity contribution in [2.45, 2.75) is 25.3 Å². The number of carboxylic acid groups (broad SMARTS) is 1. The van der Waals surface area contributed by atoms with Gasteiger partial charge in [-0.25, -0.2) is 9.78 Å². The number of nitrogens with one attached hydrogen (secondary N) is 2. The summed E-state index contributed by atoms with van der Waals surface area (Å²) in [5.41, 5.74) is 0.473. The molecule has 3 N–H and O–H groups in total. The Hall–Kier alpha value is -1.95. The lowest BCUT2D eigenvalue weighted by molar-refractivity contribution is -0.118. The maximum atomic E-state index is 11.9. The Morgan fingerprint density at radius 2 is 2.22 bits per heavy atom. The number of amides is 1. The van der Waals surface area contributed by atoms with Crippen molar-refractivity contribution in [2.75, 3.05) is 11.9 Å². The van der Waals surface area contributed by atoms with Crippen molar-refractivity contribution in [1.82, 2.24) is 10.3 Å². The molecule has 1 atom stereocenters. The Kier molecular flexibility index (Phi) is 3.88. The molecule has 1 aliphatic rings. The van der Waals surface area contributed by atoms with Crippen molar-refractivity contribution in [3.63, 3.8) is 0 Å². The molecule has 1 aliphatic heterocycles. The fourth-order valence-electron chi connectivity index (χ4n) is 1.90. The summed E-state index contributed by atoms with van der Waals surface area (Å²) in [6.07, 6.45) is 4.32. The highest BCUT2D eigenvalue weighted by atomic mass is 16.4. The van der Waals surface area contributed by atoms with Gasteiger partial charge in [-0.3, -0.25) is 4.79 Å². The van der Waals surface area contributed by atoms with Crippen LogP contribution < -0.4 is 10.6 Å². The molecule has 6 nitrogen and oxygen atoms in total. The van der Waals surface area contributed by atoms with Gasteiger partial charge < -0.3 is 15.7 Å². The van der Waals surface area contributed by atoms with Crippen LogP contribution in [0, 0.1) is 0 Å². The van der Waals surface area contributed by atoms with E-state index in [4.69, 9.17) is 5.11 Å². The molecule has 96 valence electrons. The number of rotatable bonds is 3. The first kappa shape index (κ1) is 12.5. The molecule has 0 unspecified atom stereocenters. The molecule has 1 aromatic rings. The third kappa shape index (κ3) is 3.04. The fourth-order valence-corrected chi connectivity index (χ4v) is 1.90. The van der Waals surface area contributed by atoms with Crippen LogP contribution in [-0.4, -0.2) is 34.6 Å². The van der Waals surface area contributed by atoms with E-state index in [0.717, 1.165) is 25.8 Å². The molecule has 0 aromatic carbocycles. The SMILES string of the molecule is O=C(O)c1ccc(NC(=O)[C@H]2CCCCN2)cn1. The highest BCUT2D eigenvalue weighted by Gasteiger charge is 2.20. The smallest absolute Gasteiger partial charge is 0.354 e. The molecule has 0 bridgehead atoms. The molecule has 6 heteroatoms. The largest absolute Gasteiger partial charge is 0.477 e. The zero-order valence-corrected chi connectivity index (χ0v) is 9.85. The molecule has 2 heterocycles. The van der Waals surface area contributed by atoms with Gasteiger partial charge in [0.2, 0.25) is 5.91 Å². The van der Waals surface area contributed by atoms with Gasteiger partial charge in [0.15, 0.2) is 0 Å². The minimum atomic E-state index is -1.08. The van der Waals surface area contributed by atoms with Crippen LogP contribution in [0.1, 0.15) is 29.8 Å². The van der Waals surface area contributed by atoms with E-state index in [-0.39, 0.29) is 17.6 Å². The number of anilines is 1. The monoisotopic (exact) mass is 249 g/mol. The average Bonchev–Trinajstić information content (AvgIpc) is 2.40. The van der Waals surface area contributed by atoms with Gasteiger partial charge in [-0.1, -0.05) is 6.42 Å². The molecular weight excluding hydrogens is 234 g/mol. The fraction of sp³-hybridized carbons (Fsp3) is 0.417. The number of carbonyl (C=O) groups excluding carboxylic acids is 1. The molecule has 0 radical (unpaired) electrons. The molecule has 0 aliphatic carbocycles. The van der Waals surface area contributed by atoms with Gasteiger partial charge in [-0.2, -0.15) is 0 Å². The number of piperidine rings is 1. The lowest BCUT2D eigenvalue weighted by Crippen LogP contribution is -2.43. The summed E-state index contributed by atoms with van der Waals surface area (Å²) in [4.78, 5) is 26.2. The van der Waals surface area contributed by atoms with E-state index >= 15 is 0 Å². The second kappa shape index (κ2) is 5.59. The van der Waals surface area contributed by atoms with E-state index in [0.29, 0.717) is 5.69 Å². The molecule has 1 fully saturated rings. The third-order valence-electron chi connectivity index (χ3n) is 2.88. The number of aromatic carboxylic acids is 1. The lowest BCUT2D eigenvalue weighted by Gasteiger charge is -2.22. The van der Waals surface area contributed by atoms with Crippen LogP contribution in [-0.2, 0) is 4.79 Å². The topological polar surface area (TPSA) is 91.3 Å². The van der Waals surface area contributed by atoms with Gasteiger partial charge in [-0.15, -0.1) is 0 Å². The van der Waals surface area contributed by atoms with Gasteiger partial charge in [0.25, 0.3) is 0 Å². The van der Waals surface area contributed by atoms with Crippen molar-refractivity contribution in [2.24, 2.45) is 0 Å². The average molecular weight is 249 g/mol. The van der Waals surface area contributed by atoms with Crippen LogP contribution in [0.3, 0.4) is 0 Å². The highest BCUT2D eigenvalue weighted by molar-refractivity contribution is 5.95. The Morgan fingerprint density at radius 3 is 2.78 bits per heavy atom. The maximum Gasteiger partial charge on any atom is 0.354 e. The summed E-state index contributed by atoms with van der Waals surface area (Å²) in [5.74, 6) is -1.18. The van der Waals surface area contributed by atoms with Crippen molar-refractivity contribution in [3.8, 4) is 0 Å². The van der Waals surface area contributed by atoms with E-state index in [1.165, 1.54) is 18.3 Å². The van der Waals surface area contributed by atoms with Crippen LogP contribution in [0.25, 0.3) is 0 Å². The molecular formula is C12H15N3O3. The number of nitrogens with zero attached hydrogens (tertiary/aromatic N) is 1. The van der Waals surface area contributed by atoms with Gasteiger partial charge >= 0.3 is 5.97 Å². The Labute approximate surface area is 104 Å². The van der Waals surface area contributed by atoms with E-state index in [9.17, 15) is 9.59 Å². The van der Waals surface area contributed by atoms with Crippen molar-refractivity contribution >= 4 is 17.6 Å². The molecule has 18 heavy (non-hydrogen) atoms. The van der Waals surface area contributed by atoms with Crippen LogP contribution in [0.5, 0.6) is 0 Å². The molecule has 0 saturated carbocycles. The second-order valence-corrected chi connectivity index (χ2v) is 4.23. The van der Waals surface area contributed by atoms with Gasteiger partial charge in [0.05, 0.1) is 17.9 Å². The maximum absolute atomic E-state index is 11.9. The van der Waals surface area contributed by atoms with Crippen molar-refractivity contribution < 1.29 is 14.7 Å². The first-order chi connectivity index (χ1) is 8.66. The number of aromatic nitrogens is 1. The highest BCUT2D eigenvalue weighted by Crippen LogP contribution is 2.11. The van der Waals surface area contributed by atoms with Crippen molar-refractivity contribution in [1.29, 1.82) is 0 Å². The molecule has 1 saturated heterocycles. The number of hydrogen-bond acceptors (Lipinski definition) is 4. The van der Waals surface area contributed by atoms with Crippen molar-refractivity contribution in [3.05, 3.63) is 24.0 Å². The van der Waals surface area contributed by atoms with Crippen LogP contribution in [0.4, 0.5) is 5.69 Å². The van der Waals surface area contributed by atoms with Gasteiger partial charge in [-0.05, 0) is 31.5 Å². The standard InChI is InChI=1S/C12H15N3O3/c16-11(9-3-1-2-6-13-9)15-8-4-5-10(12(17)18)14-7-8/h4-5,7,9,13H,1-3,6H2,(H,15,16)(H,17,18)/t9-/m1/s1. The number of carbonyl (C=O) groups is 2. The second-order valence-electron chi connectivity index (χ2n) is 4.23. The van der Waals surface area contributed by atoms with E-state index < -0.39 is 5.97 Å². The zero-order chi connectivity index (χ0) is 13.0. The number of hydrogen-bond donors (Lipinski definition) is 3. The van der Waals surface area contributed by atoms with Crippen LogP contribution in [0.15, 0.2) is 18.3 Å². The summed E-state index contributed by atoms with van der Waals surface area (Å²) in [6, 6.07) is 2.74. The summed E-state index contributed by atoms with van der Waals surface area (Å²) in [6.45, 7) is 0.855. The first-order valence-electron chi connectivity index (χ1n) is 5.90. The Morgan fingerprint density at radius 1 is 1.39 bits per heavy atom. The summed E-state index contributed by atoms with van der Waals surface area (Å²) in [5, 5.41) is 14.6. The minimum Gasteiger partial charge on any atom is -0.477 e. The van der Waals surface area contributed by atoms with E-state index in [2.05, 4.69) is 15.6 Å². The molecule has 1 amide bonds. The first-order valence-corrected chi connectivity index (χ1v) is 5.90. The zero-order valence-electron chi connectivity index (χ0n) is 9.85. The molecule has 1 aromatic heterocycles. The van der Waals surface area contributed by atoms with Gasteiger partial charge in [0, 0.05) is 0 Å². The normalized spacial score (nSPS) is 19.2. The Bertz CT molecular complexity index is 438. The predicted molar refractivity (Wildman–Crippen MR) is 65.5 cm³/mol. The third-order valence-corrected chi connectivity index (χ3v) is 2.88. The number of pyridine rings is 1. The lowest BCUT2D eigenvalue weighted by atomic mass is 10.0. The quantitative estimate of drug-likeness (QED) is 0.739.